The van der Waals surface area contributed by atoms with Crippen molar-refractivity contribution < 1.29 is 18.7 Å². The topological polar surface area (TPSA) is 65.5 Å². The number of ether oxygens (including phenoxy) is 1. The third-order valence-electron chi connectivity index (χ3n) is 5.64. The fraction of sp³-hybridized carbons (Fsp3) is 0.348. The van der Waals surface area contributed by atoms with Crippen LogP contribution in [0.4, 0.5) is 10.1 Å². The molecule has 2 amide bonds. The van der Waals surface area contributed by atoms with Crippen LogP contribution in [0.3, 0.4) is 0 Å². The van der Waals surface area contributed by atoms with Gasteiger partial charge in [-0.2, -0.15) is 5.10 Å². The van der Waals surface area contributed by atoms with Gasteiger partial charge in [0.25, 0.3) is 0 Å². The fourth-order valence-corrected chi connectivity index (χ4v) is 3.81. The highest BCUT2D eigenvalue weighted by atomic mass is 19.1. The Morgan fingerprint density at radius 1 is 1.00 bits per heavy atom. The van der Waals surface area contributed by atoms with E-state index in [4.69, 9.17) is 4.74 Å². The van der Waals surface area contributed by atoms with Crippen LogP contribution >= 0.6 is 0 Å². The number of hydrogen-bond donors (Lipinski definition) is 0. The number of nitrogens with zero attached hydrogens (tertiary/aromatic N) is 4. The zero-order valence-electron chi connectivity index (χ0n) is 17.5. The second-order valence-electron chi connectivity index (χ2n) is 7.57. The molecule has 0 N–H and O–H groups in total. The van der Waals surface area contributed by atoms with Crippen LogP contribution in [0.1, 0.15) is 18.4 Å². The first-order valence-electron chi connectivity index (χ1n) is 10.3. The van der Waals surface area contributed by atoms with Crippen LogP contribution in [0, 0.1) is 5.82 Å². The van der Waals surface area contributed by atoms with Crippen LogP contribution in [0.25, 0.3) is 0 Å². The Balaban J connectivity index is 1.37. The van der Waals surface area contributed by atoms with Gasteiger partial charge >= 0.3 is 0 Å². The second kappa shape index (κ2) is 9.16. The normalized spacial score (nSPS) is 16.9. The minimum Gasteiger partial charge on any atom is -0.497 e. The van der Waals surface area contributed by atoms with Crippen LogP contribution in [0.2, 0.25) is 0 Å². The van der Waals surface area contributed by atoms with Gasteiger partial charge in [0.2, 0.25) is 11.8 Å². The zero-order valence-corrected chi connectivity index (χ0v) is 17.5. The van der Waals surface area contributed by atoms with Crippen molar-refractivity contribution in [2.45, 2.75) is 12.8 Å². The van der Waals surface area contributed by atoms with Crippen LogP contribution in [-0.2, 0) is 9.59 Å². The van der Waals surface area contributed by atoms with Crippen molar-refractivity contribution in [3.8, 4) is 5.75 Å². The highest BCUT2D eigenvalue weighted by molar-refractivity contribution is 6.04. The first kappa shape index (κ1) is 20.8. The van der Waals surface area contributed by atoms with Crippen LogP contribution in [0.5, 0.6) is 5.75 Å². The van der Waals surface area contributed by atoms with Gasteiger partial charge in [-0.25, -0.2) is 9.40 Å². The van der Waals surface area contributed by atoms with E-state index in [0.717, 1.165) is 22.7 Å². The van der Waals surface area contributed by atoms with Crippen molar-refractivity contribution in [2.75, 3.05) is 44.7 Å². The minimum absolute atomic E-state index is 0.0605. The predicted molar refractivity (Wildman–Crippen MR) is 116 cm³/mol. The molecule has 0 radical (unpaired) electrons. The molecular weight excluding hydrogens is 399 g/mol. The summed E-state index contributed by atoms with van der Waals surface area (Å²) in [7, 11) is 1.61. The molecule has 0 saturated carbocycles. The summed E-state index contributed by atoms with van der Waals surface area (Å²) in [6.45, 7) is 2.35. The number of hydrazone groups is 1. The number of halogens is 1. The molecule has 0 spiro atoms. The number of carbonyl (C=O) groups is 2. The van der Waals surface area contributed by atoms with E-state index in [1.807, 2.05) is 24.3 Å². The number of piperazine rings is 1. The number of benzene rings is 2. The summed E-state index contributed by atoms with van der Waals surface area (Å²) >= 11 is 0. The maximum Gasteiger partial charge on any atom is 0.244 e. The van der Waals surface area contributed by atoms with Crippen molar-refractivity contribution in [1.82, 2.24) is 9.91 Å². The van der Waals surface area contributed by atoms with Gasteiger partial charge in [-0.15, -0.1) is 0 Å². The van der Waals surface area contributed by atoms with Crippen LogP contribution in [-0.4, -0.2) is 67.3 Å². The Morgan fingerprint density at radius 3 is 2.32 bits per heavy atom. The van der Waals surface area contributed by atoms with E-state index in [0.29, 0.717) is 39.0 Å². The van der Waals surface area contributed by atoms with Gasteiger partial charge in [0.15, 0.2) is 0 Å². The highest BCUT2D eigenvalue weighted by Crippen LogP contribution is 2.20. The Bertz CT molecular complexity index is 967. The molecule has 0 bridgehead atoms. The summed E-state index contributed by atoms with van der Waals surface area (Å²) < 4.78 is 18.3. The number of carbonyl (C=O) groups excluding carboxylic acids is 2. The van der Waals surface area contributed by atoms with E-state index in [1.54, 1.807) is 24.1 Å². The lowest BCUT2D eigenvalue weighted by Gasteiger charge is -2.37. The van der Waals surface area contributed by atoms with Crippen LogP contribution in [0.15, 0.2) is 53.6 Å². The number of methoxy groups -OCH3 is 1. The molecule has 1 fully saturated rings. The van der Waals surface area contributed by atoms with E-state index in [1.165, 1.54) is 17.1 Å². The number of hydrogen-bond acceptors (Lipinski definition) is 5. The summed E-state index contributed by atoms with van der Waals surface area (Å²) in [6, 6.07) is 13.9. The van der Waals surface area contributed by atoms with Gasteiger partial charge in [0, 0.05) is 44.7 Å². The van der Waals surface area contributed by atoms with Crippen molar-refractivity contribution >= 4 is 23.2 Å². The lowest BCUT2D eigenvalue weighted by molar-refractivity contribution is -0.141. The highest BCUT2D eigenvalue weighted by Gasteiger charge is 2.27. The second-order valence-corrected chi connectivity index (χ2v) is 7.57. The van der Waals surface area contributed by atoms with E-state index in [9.17, 15) is 14.0 Å². The largest absolute Gasteiger partial charge is 0.497 e. The average molecular weight is 424 g/mol. The minimum atomic E-state index is -0.265. The van der Waals surface area contributed by atoms with E-state index < -0.39 is 0 Å². The molecule has 0 aliphatic carbocycles. The summed E-state index contributed by atoms with van der Waals surface area (Å²) in [6.07, 6.45) is 0.878. The molecule has 0 aromatic heterocycles. The molecule has 7 nitrogen and oxygen atoms in total. The Hall–Kier alpha value is -3.42. The summed E-state index contributed by atoms with van der Waals surface area (Å²) in [5.41, 5.74) is 2.64. The molecule has 2 heterocycles. The molecule has 31 heavy (non-hydrogen) atoms. The lowest BCUT2D eigenvalue weighted by Crippen LogP contribution is -2.51. The van der Waals surface area contributed by atoms with Gasteiger partial charge in [0.1, 0.15) is 18.1 Å². The van der Waals surface area contributed by atoms with Gasteiger partial charge in [-0.05, 0) is 54.1 Å². The van der Waals surface area contributed by atoms with Gasteiger partial charge in [-0.3, -0.25) is 9.59 Å². The SMILES string of the molecule is COc1ccc(C2=NN(CC(=O)N3CCN(c4ccc(F)cc4)CC3)C(=O)CC2)cc1. The smallest absolute Gasteiger partial charge is 0.244 e. The Kier molecular flexibility index (Phi) is 6.16. The van der Waals surface area contributed by atoms with Crippen LogP contribution < -0.4 is 9.64 Å². The van der Waals surface area contributed by atoms with Crippen molar-refractivity contribution in [1.29, 1.82) is 0 Å². The Labute approximate surface area is 180 Å². The molecule has 2 aliphatic heterocycles. The summed E-state index contributed by atoms with van der Waals surface area (Å²) in [5, 5.41) is 5.75. The number of rotatable bonds is 5. The number of amides is 2. The maximum atomic E-state index is 13.1. The first-order valence-corrected chi connectivity index (χ1v) is 10.3. The quantitative estimate of drug-likeness (QED) is 0.740. The molecule has 2 aliphatic rings. The van der Waals surface area contributed by atoms with Crippen molar-refractivity contribution in [3.05, 3.63) is 59.9 Å². The molecule has 0 atom stereocenters. The lowest BCUT2D eigenvalue weighted by atomic mass is 10.0. The molecule has 4 rings (SSSR count). The fourth-order valence-electron chi connectivity index (χ4n) is 3.81. The summed E-state index contributed by atoms with van der Waals surface area (Å²) in [5.74, 6) is 0.226. The zero-order chi connectivity index (χ0) is 21.8. The van der Waals surface area contributed by atoms with E-state index in [2.05, 4.69) is 10.0 Å². The Morgan fingerprint density at radius 2 is 1.68 bits per heavy atom. The van der Waals surface area contributed by atoms with Gasteiger partial charge in [-0.1, -0.05) is 0 Å². The number of anilines is 1. The predicted octanol–water partition coefficient (Wildman–Crippen LogP) is 2.51. The third-order valence-corrected chi connectivity index (χ3v) is 5.64. The van der Waals surface area contributed by atoms with E-state index >= 15 is 0 Å². The summed E-state index contributed by atoms with van der Waals surface area (Å²) in [4.78, 5) is 29.0. The molecule has 0 unspecified atom stereocenters. The molecule has 8 heteroatoms. The molecule has 2 aromatic rings. The maximum absolute atomic E-state index is 13.1. The standard InChI is InChI=1S/C23H25FN4O3/c1-31-20-8-2-17(3-9-20)21-10-11-22(29)28(25-21)16-23(30)27-14-12-26(13-15-27)19-6-4-18(24)5-7-19/h2-9H,10-16H2,1H3. The molecular formula is C23H25FN4O3. The molecule has 1 saturated heterocycles. The van der Waals surface area contributed by atoms with Crippen molar-refractivity contribution in [2.24, 2.45) is 5.10 Å². The van der Waals surface area contributed by atoms with Gasteiger partial charge < -0.3 is 14.5 Å². The average Bonchev–Trinajstić information content (AvgIpc) is 2.81. The van der Waals surface area contributed by atoms with Gasteiger partial charge in [0.05, 0.1) is 12.8 Å². The molecule has 162 valence electrons. The van der Waals surface area contributed by atoms with E-state index in [-0.39, 0.29) is 24.2 Å². The third kappa shape index (κ3) is 4.84. The monoisotopic (exact) mass is 424 g/mol. The first-order chi connectivity index (χ1) is 15.0. The van der Waals surface area contributed by atoms with Crippen molar-refractivity contribution in [3.63, 3.8) is 0 Å². The molecule has 2 aromatic carbocycles.